The third-order valence-electron chi connectivity index (χ3n) is 5.18. The second-order valence-electron chi connectivity index (χ2n) is 7.21. The fraction of sp³-hybridized carbons (Fsp3) is 0.250. The van der Waals surface area contributed by atoms with Gasteiger partial charge in [-0.2, -0.15) is 0 Å². The monoisotopic (exact) mass is 388 g/mol. The van der Waals surface area contributed by atoms with Gasteiger partial charge in [0.15, 0.2) is 0 Å². The number of anilines is 1. The molecular formula is C24H24N2O3. The number of carbonyl (C=O) groups excluding carboxylic acids is 2. The third-order valence-corrected chi connectivity index (χ3v) is 5.18. The summed E-state index contributed by atoms with van der Waals surface area (Å²) in [5.74, 6) is 0.736. The number of benzene rings is 3. The molecule has 1 aliphatic heterocycles. The van der Waals surface area contributed by atoms with Crippen molar-refractivity contribution in [2.45, 2.75) is 25.8 Å². The van der Waals surface area contributed by atoms with E-state index in [9.17, 15) is 9.59 Å². The number of fused-ring (bicyclic) bond motifs is 1. The zero-order valence-corrected chi connectivity index (χ0v) is 16.4. The van der Waals surface area contributed by atoms with E-state index in [1.807, 2.05) is 73.7 Å². The molecule has 5 nitrogen and oxygen atoms in total. The maximum atomic E-state index is 12.6. The summed E-state index contributed by atoms with van der Waals surface area (Å²) < 4.78 is 5.45. The molecule has 0 saturated carbocycles. The molecule has 4 rings (SSSR count). The van der Waals surface area contributed by atoms with Gasteiger partial charge >= 0.3 is 0 Å². The number of carbonyl (C=O) groups is 2. The van der Waals surface area contributed by atoms with E-state index in [4.69, 9.17) is 4.74 Å². The predicted molar refractivity (Wildman–Crippen MR) is 114 cm³/mol. The van der Waals surface area contributed by atoms with Crippen LogP contribution in [0.2, 0.25) is 0 Å². The molecule has 1 unspecified atom stereocenters. The molecule has 148 valence electrons. The summed E-state index contributed by atoms with van der Waals surface area (Å²) in [6.07, 6.45) is 0.615. The molecule has 0 aliphatic carbocycles. The minimum absolute atomic E-state index is 0.0182. The molecule has 29 heavy (non-hydrogen) atoms. The van der Waals surface area contributed by atoms with Crippen molar-refractivity contribution in [2.24, 2.45) is 0 Å². The van der Waals surface area contributed by atoms with Crippen molar-refractivity contribution in [3.63, 3.8) is 0 Å². The van der Waals surface area contributed by atoms with E-state index in [1.54, 1.807) is 4.90 Å². The topological polar surface area (TPSA) is 58.6 Å². The molecule has 0 radical (unpaired) electrons. The molecule has 3 aromatic carbocycles. The highest BCUT2D eigenvalue weighted by Gasteiger charge is 2.31. The lowest BCUT2D eigenvalue weighted by atomic mass is 10.0. The molecule has 0 aromatic heterocycles. The molecule has 0 spiro atoms. The van der Waals surface area contributed by atoms with Gasteiger partial charge in [-0.25, -0.2) is 0 Å². The second kappa shape index (κ2) is 8.35. The van der Waals surface area contributed by atoms with E-state index in [1.165, 1.54) is 0 Å². The quantitative estimate of drug-likeness (QED) is 0.700. The first kappa shape index (κ1) is 19.0. The summed E-state index contributed by atoms with van der Waals surface area (Å²) in [5.41, 5.74) is 1.82. The Balaban J connectivity index is 1.40. The molecule has 1 N–H and O–H groups in total. The molecule has 2 amide bonds. The Morgan fingerprint density at radius 2 is 1.83 bits per heavy atom. The van der Waals surface area contributed by atoms with Gasteiger partial charge in [-0.1, -0.05) is 42.5 Å². The van der Waals surface area contributed by atoms with E-state index in [0.29, 0.717) is 26.0 Å². The Morgan fingerprint density at radius 1 is 1.07 bits per heavy atom. The van der Waals surface area contributed by atoms with Crippen LogP contribution in [0.15, 0.2) is 66.7 Å². The van der Waals surface area contributed by atoms with Crippen LogP contribution in [0.3, 0.4) is 0 Å². The van der Waals surface area contributed by atoms with Gasteiger partial charge in [-0.3, -0.25) is 9.59 Å². The molecule has 1 aliphatic rings. The summed E-state index contributed by atoms with van der Waals surface area (Å²) in [7, 11) is 0. The van der Waals surface area contributed by atoms with Gasteiger partial charge in [-0.05, 0) is 47.5 Å². The smallest absolute Gasteiger partial charge is 0.229 e. The van der Waals surface area contributed by atoms with E-state index in [2.05, 4.69) is 5.32 Å². The first-order valence-corrected chi connectivity index (χ1v) is 9.93. The van der Waals surface area contributed by atoms with Crippen LogP contribution in [0, 0.1) is 0 Å². The average Bonchev–Trinajstić information content (AvgIpc) is 3.09. The molecule has 5 heteroatoms. The number of nitrogens with zero attached hydrogens (tertiary/aromatic N) is 1. The molecular weight excluding hydrogens is 364 g/mol. The van der Waals surface area contributed by atoms with Crippen molar-refractivity contribution in [3.05, 3.63) is 72.3 Å². The van der Waals surface area contributed by atoms with Crippen LogP contribution in [-0.2, 0) is 16.0 Å². The summed E-state index contributed by atoms with van der Waals surface area (Å²) >= 11 is 0. The molecule has 0 bridgehead atoms. The lowest BCUT2D eigenvalue weighted by Crippen LogP contribution is -2.38. The summed E-state index contributed by atoms with van der Waals surface area (Å²) in [5, 5.41) is 5.24. The minimum Gasteiger partial charge on any atom is -0.494 e. The van der Waals surface area contributed by atoms with Crippen molar-refractivity contribution >= 4 is 28.3 Å². The van der Waals surface area contributed by atoms with Gasteiger partial charge in [-0.15, -0.1) is 0 Å². The van der Waals surface area contributed by atoms with Crippen molar-refractivity contribution in [1.29, 1.82) is 0 Å². The summed E-state index contributed by atoms with van der Waals surface area (Å²) in [6, 6.07) is 21.3. The SMILES string of the molecule is CCOc1ccc(N2CC(NC(=O)Cc3cccc4ccccc34)CC2=O)cc1. The Morgan fingerprint density at radius 3 is 2.62 bits per heavy atom. The van der Waals surface area contributed by atoms with Crippen LogP contribution >= 0.6 is 0 Å². The average molecular weight is 388 g/mol. The molecule has 3 aromatic rings. The van der Waals surface area contributed by atoms with Crippen molar-refractivity contribution in [3.8, 4) is 5.75 Å². The lowest BCUT2D eigenvalue weighted by Gasteiger charge is -2.18. The van der Waals surface area contributed by atoms with Gasteiger partial charge in [0.2, 0.25) is 11.8 Å². The number of hydrogen-bond donors (Lipinski definition) is 1. The Hall–Kier alpha value is -3.34. The zero-order chi connectivity index (χ0) is 20.2. The highest BCUT2D eigenvalue weighted by molar-refractivity contribution is 5.97. The number of nitrogens with one attached hydrogen (secondary N) is 1. The Labute approximate surface area is 170 Å². The fourth-order valence-corrected chi connectivity index (χ4v) is 3.84. The summed E-state index contributed by atoms with van der Waals surface area (Å²) in [6.45, 7) is 3.02. The molecule has 1 saturated heterocycles. The minimum atomic E-state index is -0.184. The van der Waals surface area contributed by atoms with Gasteiger partial charge < -0.3 is 15.0 Å². The Bertz CT molecular complexity index is 1020. The van der Waals surface area contributed by atoms with Crippen molar-refractivity contribution in [2.75, 3.05) is 18.1 Å². The first-order chi connectivity index (χ1) is 14.1. The van der Waals surface area contributed by atoms with Gasteiger partial charge in [0.25, 0.3) is 0 Å². The third kappa shape index (κ3) is 4.24. The predicted octanol–water partition coefficient (Wildman–Crippen LogP) is 3.70. The number of hydrogen-bond acceptors (Lipinski definition) is 3. The van der Waals surface area contributed by atoms with Crippen molar-refractivity contribution < 1.29 is 14.3 Å². The number of ether oxygens (including phenoxy) is 1. The van der Waals surface area contributed by atoms with Crippen LogP contribution in [0.1, 0.15) is 18.9 Å². The highest BCUT2D eigenvalue weighted by Crippen LogP contribution is 2.24. The normalized spacial score (nSPS) is 16.2. The molecule has 1 fully saturated rings. The largest absolute Gasteiger partial charge is 0.494 e. The standard InChI is InChI=1S/C24H24N2O3/c1-2-29-21-12-10-20(11-13-21)26-16-19(15-24(26)28)25-23(27)14-18-8-5-7-17-6-3-4-9-22(17)18/h3-13,19H,2,14-16H2,1H3,(H,25,27). The van der Waals surface area contributed by atoms with Gasteiger partial charge in [0, 0.05) is 18.7 Å². The lowest BCUT2D eigenvalue weighted by molar-refractivity contribution is -0.121. The van der Waals surface area contributed by atoms with Crippen LogP contribution in [0.25, 0.3) is 10.8 Å². The molecule has 1 heterocycles. The Kier molecular flexibility index (Phi) is 5.47. The van der Waals surface area contributed by atoms with E-state index < -0.39 is 0 Å². The van der Waals surface area contributed by atoms with Crippen LogP contribution < -0.4 is 15.0 Å². The van der Waals surface area contributed by atoms with E-state index >= 15 is 0 Å². The first-order valence-electron chi connectivity index (χ1n) is 9.93. The van der Waals surface area contributed by atoms with Crippen LogP contribution in [-0.4, -0.2) is 31.0 Å². The van der Waals surface area contributed by atoms with E-state index in [0.717, 1.165) is 27.8 Å². The van der Waals surface area contributed by atoms with Crippen LogP contribution in [0.4, 0.5) is 5.69 Å². The number of rotatable bonds is 6. The van der Waals surface area contributed by atoms with Gasteiger partial charge in [0.05, 0.1) is 19.1 Å². The fourth-order valence-electron chi connectivity index (χ4n) is 3.84. The molecule has 1 atom stereocenters. The maximum Gasteiger partial charge on any atom is 0.229 e. The number of amides is 2. The van der Waals surface area contributed by atoms with E-state index in [-0.39, 0.29) is 17.9 Å². The highest BCUT2D eigenvalue weighted by atomic mass is 16.5. The summed E-state index contributed by atoms with van der Waals surface area (Å²) in [4.78, 5) is 26.8. The second-order valence-corrected chi connectivity index (χ2v) is 7.21. The van der Waals surface area contributed by atoms with Crippen molar-refractivity contribution in [1.82, 2.24) is 5.32 Å². The van der Waals surface area contributed by atoms with Gasteiger partial charge in [0.1, 0.15) is 5.75 Å². The zero-order valence-electron chi connectivity index (χ0n) is 16.4. The van der Waals surface area contributed by atoms with Crippen LogP contribution in [0.5, 0.6) is 5.75 Å². The maximum absolute atomic E-state index is 12.6.